The van der Waals surface area contributed by atoms with E-state index in [-0.39, 0.29) is 5.76 Å². The van der Waals surface area contributed by atoms with E-state index in [9.17, 15) is 4.79 Å². The molecule has 1 amide bonds. The SMILES string of the molecule is O=C(N/N=C\c1cc(Cl)c(OCc2cccc3ccccc23)c(Cl)c1)c1cc2cc(Br)cc(Br)c2o1. The lowest BCUT2D eigenvalue weighted by Crippen LogP contribution is -2.16. The van der Waals surface area contributed by atoms with E-state index in [2.05, 4.69) is 54.5 Å². The van der Waals surface area contributed by atoms with Crippen LogP contribution in [0.5, 0.6) is 5.75 Å². The highest BCUT2D eigenvalue weighted by atomic mass is 79.9. The number of nitrogens with one attached hydrogen (secondary N) is 1. The second kappa shape index (κ2) is 10.6. The molecule has 9 heteroatoms. The van der Waals surface area contributed by atoms with Crippen LogP contribution in [0, 0.1) is 0 Å². The van der Waals surface area contributed by atoms with Crippen molar-refractivity contribution in [1.29, 1.82) is 0 Å². The number of nitrogens with zero attached hydrogens (tertiary/aromatic N) is 1. The number of hydrogen-bond donors (Lipinski definition) is 1. The fourth-order valence-corrected chi connectivity index (χ4v) is 5.72. The average Bonchev–Trinajstić information content (AvgIpc) is 3.28. The lowest BCUT2D eigenvalue weighted by atomic mass is 10.1. The van der Waals surface area contributed by atoms with Crippen molar-refractivity contribution in [2.75, 3.05) is 0 Å². The molecule has 0 radical (unpaired) electrons. The molecular formula is C27H16Br2Cl2N2O3. The minimum Gasteiger partial charge on any atom is -0.486 e. The zero-order valence-electron chi connectivity index (χ0n) is 18.4. The number of hydrogen-bond acceptors (Lipinski definition) is 4. The van der Waals surface area contributed by atoms with Gasteiger partial charge in [-0.2, -0.15) is 5.10 Å². The fourth-order valence-electron chi connectivity index (χ4n) is 3.77. The number of benzene rings is 4. The maximum atomic E-state index is 12.5. The van der Waals surface area contributed by atoms with Crippen LogP contribution in [0.15, 0.2) is 91.3 Å². The molecule has 1 heterocycles. The van der Waals surface area contributed by atoms with Crippen molar-refractivity contribution < 1.29 is 13.9 Å². The van der Waals surface area contributed by atoms with Gasteiger partial charge >= 0.3 is 5.91 Å². The van der Waals surface area contributed by atoms with Crippen LogP contribution in [0.1, 0.15) is 21.7 Å². The first kappa shape index (κ1) is 24.8. The van der Waals surface area contributed by atoms with Crippen molar-refractivity contribution >= 4 is 88.9 Å². The van der Waals surface area contributed by atoms with Gasteiger partial charge in [0.1, 0.15) is 12.2 Å². The quantitative estimate of drug-likeness (QED) is 0.148. The molecular weight excluding hydrogens is 631 g/mol. The third-order valence-electron chi connectivity index (χ3n) is 5.41. The minimum atomic E-state index is -0.488. The highest BCUT2D eigenvalue weighted by molar-refractivity contribution is 9.11. The monoisotopic (exact) mass is 644 g/mol. The Morgan fingerprint density at radius 3 is 2.53 bits per heavy atom. The van der Waals surface area contributed by atoms with Gasteiger partial charge < -0.3 is 9.15 Å². The normalized spacial score (nSPS) is 11.4. The molecule has 1 N–H and O–H groups in total. The van der Waals surface area contributed by atoms with E-state index in [1.165, 1.54) is 6.21 Å². The largest absolute Gasteiger partial charge is 0.486 e. The molecule has 5 rings (SSSR count). The minimum absolute atomic E-state index is 0.134. The Hall–Kier alpha value is -2.84. The van der Waals surface area contributed by atoms with Crippen LogP contribution in [0.4, 0.5) is 0 Å². The number of amides is 1. The average molecular weight is 647 g/mol. The van der Waals surface area contributed by atoms with Gasteiger partial charge in [-0.3, -0.25) is 4.79 Å². The summed E-state index contributed by atoms with van der Waals surface area (Å²) < 4.78 is 13.2. The highest BCUT2D eigenvalue weighted by Crippen LogP contribution is 2.35. The van der Waals surface area contributed by atoms with E-state index in [1.807, 2.05) is 42.5 Å². The van der Waals surface area contributed by atoms with Crippen LogP contribution in [-0.4, -0.2) is 12.1 Å². The summed E-state index contributed by atoms with van der Waals surface area (Å²) in [6.07, 6.45) is 1.44. The van der Waals surface area contributed by atoms with Gasteiger partial charge in [0.2, 0.25) is 0 Å². The molecule has 0 atom stereocenters. The summed E-state index contributed by atoms with van der Waals surface area (Å²) in [5, 5.41) is 7.70. The molecule has 5 nitrogen and oxygen atoms in total. The summed E-state index contributed by atoms with van der Waals surface area (Å²) in [4.78, 5) is 12.5. The number of carbonyl (C=O) groups is 1. The highest BCUT2D eigenvalue weighted by Gasteiger charge is 2.15. The van der Waals surface area contributed by atoms with Gasteiger partial charge in [-0.15, -0.1) is 0 Å². The number of fused-ring (bicyclic) bond motifs is 2. The van der Waals surface area contributed by atoms with Gasteiger partial charge in [0.05, 0.1) is 20.7 Å². The van der Waals surface area contributed by atoms with E-state index in [0.29, 0.717) is 33.5 Å². The molecule has 0 bridgehead atoms. The smallest absolute Gasteiger partial charge is 0.307 e. The van der Waals surface area contributed by atoms with E-state index < -0.39 is 5.91 Å². The standard InChI is InChI=1S/C27H16Br2Cl2N2O3/c28-19-10-18-11-24(36-25(18)21(29)12-19)27(34)33-32-13-15-8-22(30)26(23(31)9-15)35-14-17-6-3-5-16-4-1-2-7-20(16)17/h1-13H,14H2,(H,33,34)/b32-13-. The molecule has 5 aromatic rings. The Balaban J connectivity index is 1.27. The van der Waals surface area contributed by atoms with Crippen LogP contribution in [0.3, 0.4) is 0 Å². The number of carbonyl (C=O) groups excluding carboxylic acids is 1. The molecule has 1 aromatic heterocycles. The first-order valence-corrected chi connectivity index (χ1v) is 13.0. The van der Waals surface area contributed by atoms with Crippen molar-refractivity contribution in [1.82, 2.24) is 5.43 Å². The van der Waals surface area contributed by atoms with Gasteiger partial charge in [-0.25, -0.2) is 5.43 Å². The van der Waals surface area contributed by atoms with Crippen molar-refractivity contribution in [2.24, 2.45) is 5.10 Å². The molecule has 180 valence electrons. The van der Waals surface area contributed by atoms with Gasteiger partial charge in [0.25, 0.3) is 0 Å². The van der Waals surface area contributed by atoms with Gasteiger partial charge in [-0.05, 0) is 68.2 Å². The van der Waals surface area contributed by atoms with Gasteiger partial charge in [0, 0.05) is 9.86 Å². The molecule has 0 fully saturated rings. The predicted molar refractivity (Wildman–Crippen MR) is 151 cm³/mol. The Kier molecular flexibility index (Phi) is 7.34. The van der Waals surface area contributed by atoms with Crippen molar-refractivity contribution in [2.45, 2.75) is 6.61 Å². The first-order chi connectivity index (χ1) is 17.4. The van der Waals surface area contributed by atoms with Crippen LogP contribution >= 0.6 is 55.1 Å². The number of furan rings is 1. The lowest BCUT2D eigenvalue weighted by Gasteiger charge is -2.12. The van der Waals surface area contributed by atoms with E-state index in [4.69, 9.17) is 32.4 Å². The molecule has 0 aliphatic heterocycles. The van der Waals surface area contributed by atoms with Crippen molar-refractivity contribution in [3.8, 4) is 5.75 Å². The Morgan fingerprint density at radius 1 is 0.972 bits per heavy atom. The van der Waals surface area contributed by atoms with E-state index in [1.54, 1.807) is 18.2 Å². The lowest BCUT2D eigenvalue weighted by molar-refractivity contribution is 0.0929. The summed E-state index contributed by atoms with van der Waals surface area (Å²) in [6, 6.07) is 22.8. The number of halogens is 4. The zero-order valence-corrected chi connectivity index (χ0v) is 23.1. The van der Waals surface area contributed by atoms with Crippen LogP contribution < -0.4 is 10.2 Å². The van der Waals surface area contributed by atoms with Crippen LogP contribution in [0.25, 0.3) is 21.7 Å². The second-order valence-electron chi connectivity index (χ2n) is 7.86. The first-order valence-electron chi connectivity index (χ1n) is 10.7. The molecule has 0 aliphatic carbocycles. The molecule has 36 heavy (non-hydrogen) atoms. The number of hydrazone groups is 1. The van der Waals surface area contributed by atoms with Crippen LogP contribution in [-0.2, 0) is 6.61 Å². The second-order valence-corrected chi connectivity index (χ2v) is 10.4. The predicted octanol–water partition coefficient (Wildman–Crippen LogP) is 8.76. The molecule has 0 spiro atoms. The third-order valence-corrected chi connectivity index (χ3v) is 7.02. The summed E-state index contributed by atoms with van der Waals surface area (Å²) in [5.41, 5.74) is 4.65. The molecule has 0 unspecified atom stereocenters. The van der Waals surface area contributed by atoms with Gasteiger partial charge in [0.15, 0.2) is 11.5 Å². The topological polar surface area (TPSA) is 63.8 Å². The zero-order chi connectivity index (χ0) is 25.2. The fraction of sp³-hybridized carbons (Fsp3) is 0.0370. The Bertz CT molecular complexity index is 1620. The van der Waals surface area contributed by atoms with E-state index in [0.717, 1.165) is 30.7 Å². The molecule has 0 saturated carbocycles. The van der Waals surface area contributed by atoms with Crippen molar-refractivity contribution in [3.05, 3.63) is 109 Å². The molecule has 0 aliphatic rings. The van der Waals surface area contributed by atoms with E-state index >= 15 is 0 Å². The Labute approximate surface area is 233 Å². The molecule has 0 saturated heterocycles. The third kappa shape index (κ3) is 5.30. The Morgan fingerprint density at radius 2 is 1.72 bits per heavy atom. The summed E-state index contributed by atoms with van der Waals surface area (Å²) in [7, 11) is 0. The summed E-state index contributed by atoms with van der Waals surface area (Å²) >= 11 is 19.7. The van der Waals surface area contributed by atoms with Crippen LogP contribution in [0.2, 0.25) is 10.0 Å². The maximum absolute atomic E-state index is 12.5. The summed E-state index contributed by atoms with van der Waals surface area (Å²) in [5.74, 6) is 0.0263. The van der Waals surface area contributed by atoms with Gasteiger partial charge in [-0.1, -0.05) is 81.6 Å². The summed E-state index contributed by atoms with van der Waals surface area (Å²) in [6.45, 7) is 0.314. The number of ether oxygens (including phenoxy) is 1. The maximum Gasteiger partial charge on any atom is 0.307 e. The molecule has 4 aromatic carbocycles. The number of rotatable bonds is 6. The van der Waals surface area contributed by atoms with Crippen molar-refractivity contribution in [3.63, 3.8) is 0 Å².